The van der Waals surface area contributed by atoms with Crippen molar-refractivity contribution >= 4 is 6.03 Å². The maximum absolute atomic E-state index is 13.0. The van der Waals surface area contributed by atoms with Crippen LogP contribution in [0.2, 0.25) is 0 Å². The minimum absolute atomic E-state index is 0.111. The van der Waals surface area contributed by atoms with Gasteiger partial charge in [0.15, 0.2) is 0 Å². The maximum Gasteiger partial charge on any atom is 0.315 e. The van der Waals surface area contributed by atoms with Crippen molar-refractivity contribution in [3.63, 3.8) is 0 Å². The van der Waals surface area contributed by atoms with E-state index in [-0.39, 0.29) is 11.8 Å². The first-order chi connectivity index (χ1) is 9.63. The van der Waals surface area contributed by atoms with E-state index in [4.69, 9.17) is 0 Å². The summed E-state index contributed by atoms with van der Waals surface area (Å²) in [5.41, 5.74) is 0.900. The molecule has 2 amide bonds. The van der Waals surface area contributed by atoms with Gasteiger partial charge in [0, 0.05) is 12.6 Å². The third-order valence-corrected chi connectivity index (χ3v) is 3.86. The zero-order valence-corrected chi connectivity index (χ0v) is 12.0. The molecule has 110 valence electrons. The molecule has 1 aromatic rings. The minimum Gasteiger partial charge on any atom is -0.338 e. The summed E-state index contributed by atoms with van der Waals surface area (Å²) in [6.07, 6.45) is 5.24. The van der Waals surface area contributed by atoms with E-state index in [1.165, 1.54) is 25.0 Å². The van der Waals surface area contributed by atoms with E-state index >= 15 is 0 Å². The number of hydrogen-bond donors (Lipinski definition) is 2. The molecule has 2 unspecified atom stereocenters. The quantitative estimate of drug-likeness (QED) is 0.872. The molecule has 2 N–H and O–H groups in total. The van der Waals surface area contributed by atoms with E-state index in [9.17, 15) is 9.18 Å². The van der Waals surface area contributed by atoms with Crippen LogP contribution >= 0.6 is 0 Å². The van der Waals surface area contributed by atoms with Gasteiger partial charge in [-0.15, -0.1) is 0 Å². The van der Waals surface area contributed by atoms with Crippen molar-refractivity contribution in [1.29, 1.82) is 0 Å². The maximum atomic E-state index is 13.0. The lowest BCUT2D eigenvalue weighted by molar-refractivity contribution is 0.227. The van der Waals surface area contributed by atoms with Crippen LogP contribution in [-0.2, 0) is 6.42 Å². The largest absolute Gasteiger partial charge is 0.338 e. The van der Waals surface area contributed by atoms with Crippen molar-refractivity contribution < 1.29 is 9.18 Å². The summed E-state index contributed by atoms with van der Waals surface area (Å²) in [5, 5.41) is 5.86. The van der Waals surface area contributed by atoms with E-state index in [0.29, 0.717) is 24.9 Å². The molecule has 1 aliphatic carbocycles. The predicted octanol–water partition coefficient (Wildman–Crippen LogP) is 3.25. The molecule has 0 bridgehead atoms. The number of rotatable bonds is 4. The third kappa shape index (κ3) is 4.83. The fourth-order valence-corrected chi connectivity index (χ4v) is 2.81. The minimum atomic E-state index is -0.233. The Hall–Kier alpha value is -1.58. The lowest BCUT2D eigenvalue weighted by Crippen LogP contribution is -2.44. The Morgan fingerprint density at radius 3 is 3.00 bits per heavy atom. The summed E-state index contributed by atoms with van der Waals surface area (Å²) in [6, 6.07) is 6.67. The van der Waals surface area contributed by atoms with E-state index in [0.717, 1.165) is 18.4 Å². The zero-order chi connectivity index (χ0) is 14.4. The normalized spacial score (nSPS) is 22.3. The van der Waals surface area contributed by atoms with Crippen molar-refractivity contribution in [1.82, 2.24) is 10.6 Å². The Morgan fingerprint density at radius 1 is 1.40 bits per heavy atom. The van der Waals surface area contributed by atoms with Gasteiger partial charge in [0.1, 0.15) is 5.82 Å². The molecule has 1 aromatic carbocycles. The molecule has 0 spiro atoms. The van der Waals surface area contributed by atoms with Crippen molar-refractivity contribution in [2.24, 2.45) is 5.92 Å². The number of nitrogens with one attached hydrogen (secondary N) is 2. The average molecular weight is 278 g/mol. The Bertz CT molecular complexity index is 450. The van der Waals surface area contributed by atoms with Crippen molar-refractivity contribution in [3.05, 3.63) is 35.6 Å². The number of carbonyl (C=O) groups excluding carboxylic acids is 1. The van der Waals surface area contributed by atoms with Gasteiger partial charge in [0.25, 0.3) is 0 Å². The summed E-state index contributed by atoms with van der Waals surface area (Å²) in [7, 11) is 0. The Balaban J connectivity index is 1.67. The van der Waals surface area contributed by atoms with Crippen molar-refractivity contribution in [2.45, 2.75) is 45.1 Å². The van der Waals surface area contributed by atoms with Crippen LogP contribution in [0.1, 0.15) is 38.2 Å². The molecule has 1 aliphatic rings. The second-order valence-corrected chi connectivity index (χ2v) is 5.75. The Morgan fingerprint density at radius 2 is 2.25 bits per heavy atom. The average Bonchev–Trinajstić information content (AvgIpc) is 2.38. The summed E-state index contributed by atoms with van der Waals surface area (Å²) in [5.74, 6) is 0.462. The van der Waals surface area contributed by atoms with Crippen LogP contribution in [0.4, 0.5) is 9.18 Å². The van der Waals surface area contributed by atoms with E-state index in [2.05, 4.69) is 17.6 Å². The molecule has 4 heteroatoms. The van der Waals surface area contributed by atoms with Gasteiger partial charge < -0.3 is 10.6 Å². The molecule has 0 aliphatic heterocycles. The Kier molecular flexibility index (Phi) is 5.39. The first-order valence-electron chi connectivity index (χ1n) is 7.42. The molecule has 2 atom stereocenters. The number of amides is 2. The zero-order valence-electron chi connectivity index (χ0n) is 12.0. The fourth-order valence-electron chi connectivity index (χ4n) is 2.81. The lowest BCUT2D eigenvalue weighted by Gasteiger charge is -2.27. The molecule has 0 heterocycles. The highest BCUT2D eigenvalue weighted by Crippen LogP contribution is 2.23. The first kappa shape index (κ1) is 14.8. The standard InChI is InChI=1S/C16H23FN2O/c1-12-4-2-7-15(10-12)19-16(20)18-9-8-13-5-3-6-14(17)11-13/h3,5-6,11-12,15H,2,4,7-10H2,1H3,(H2,18,19,20). The molecular weight excluding hydrogens is 255 g/mol. The van der Waals surface area contributed by atoms with Crippen LogP contribution in [0, 0.1) is 11.7 Å². The summed E-state index contributed by atoms with van der Waals surface area (Å²) < 4.78 is 13.0. The second kappa shape index (κ2) is 7.27. The molecule has 1 fully saturated rings. The predicted molar refractivity (Wildman–Crippen MR) is 78.1 cm³/mol. The fraction of sp³-hybridized carbons (Fsp3) is 0.562. The number of hydrogen-bond acceptors (Lipinski definition) is 1. The van der Waals surface area contributed by atoms with Crippen molar-refractivity contribution in [3.8, 4) is 0 Å². The van der Waals surface area contributed by atoms with Crippen LogP contribution in [0.15, 0.2) is 24.3 Å². The molecule has 2 rings (SSSR count). The summed E-state index contributed by atoms with van der Waals surface area (Å²) in [6.45, 7) is 2.76. The summed E-state index contributed by atoms with van der Waals surface area (Å²) >= 11 is 0. The third-order valence-electron chi connectivity index (χ3n) is 3.86. The molecule has 1 saturated carbocycles. The molecule has 0 saturated heterocycles. The van der Waals surface area contributed by atoms with Crippen LogP contribution in [0.3, 0.4) is 0 Å². The van der Waals surface area contributed by atoms with Gasteiger partial charge in [-0.25, -0.2) is 9.18 Å². The smallest absolute Gasteiger partial charge is 0.315 e. The number of halogens is 1. The van der Waals surface area contributed by atoms with Gasteiger partial charge >= 0.3 is 6.03 Å². The topological polar surface area (TPSA) is 41.1 Å². The molecule has 0 aromatic heterocycles. The van der Waals surface area contributed by atoms with E-state index in [1.54, 1.807) is 6.07 Å². The summed E-state index contributed by atoms with van der Waals surface area (Å²) in [4.78, 5) is 11.8. The second-order valence-electron chi connectivity index (χ2n) is 5.75. The van der Waals surface area contributed by atoms with E-state index in [1.807, 2.05) is 6.07 Å². The van der Waals surface area contributed by atoms with Crippen LogP contribution < -0.4 is 10.6 Å². The molecular formula is C16H23FN2O. The van der Waals surface area contributed by atoms with Crippen LogP contribution in [0.25, 0.3) is 0 Å². The highest BCUT2D eigenvalue weighted by molar-refractivity contribution is 5.74. The number of urea groups is 1. The highest BCUT2D eigenvalue weighted by atomic mass is 19.1. The first-order valence-corrected chi connectivity index (χ1v) is 7.42. The van der Waals surface area contributed by atoms with Gasteiger partial charge in [-0.3, -0.25) is 0 Å². The van der Waals surface area contributed by atoms with Gasteiger partial charge in [-0.1, -0.05) is 31.9 Å². The van der Waals surface area contributed by atoms with Crippen molar-refractivity contribution in [2.75, 3.05) is 6.54 Å². The Labute approximate surface area is 120 Å². The SMILES string of the molecule is CC1CCCC(NC(=O)NCCc2cccc(F)c2)C1. The van der Waals surface area contributed by atoms with Gasteiger partial charge in [-0.05, 0) is 42.9 Å². The highest BCUT2D eigenvalue weighted by Gasteiger charge is 2.19. The molecule has 20 heavy (non-hydrogen) atoms. The molecule has 0 radical (unpaired) electrons. The molecule has 3 nitrogen and oxygen atoms in total. The van der Waals surface area contributed by atoms with Crippen LogP contribution in [0.5, 0.6) is 0 Å². The van der Waals surface area contributed by atoms with Gasteiger partial charge in [-0.2, -0.15) is 0 Å². The number of carbonyl (C=O) groups is 1. The number of benzene rings is 1. The monoisotopic (exact) mass is 278 g/mol. The van der Waals surface area contributed by atoms with Crippen LogP contribution in [-0.4, -0.2) is 18.6 Å². The van der Waals surface area contributed by atoms with Gasteiger partial charge in [0.05, 0.1) is 0 Å². The lowest BCUT2D eigenvalue weighted by atomic mass is 9.87. The van der Waals surface area contributed by atoms with Gasteiger partial charge in [0.2, 0.25) is 0 Å². The van der Waals surface area contributed by atoms with E-state index < -0.39 is 0 Å².